The minimum Gasteiger partial charge on any atom is -0.462 e. The van der Waals surface area contributed by atoms with E-state index >= 15 is 0 Å². The Morgan fingerprint density at radius 3 is 2.57 bits per heavy atom. The van der Waals surface area contributed by atoms with E-state index in [0.717, 1.165) is 5.56 Å². The van der Waals surface area contributed by atoms with Gasteiger partial charge < -0.3 is 9.47 Å². The van der Waals surface area contributed by atoms with Crippen molar-refractivity contribution < 1.29 is 19.1 Å². The van der Waals surface area contributed by atoms with Crippen molar-refractivity contribution in [3.8, 4) is 0 Å². The highest BCUT2D eigenvalue weighted by Gasteiger charge is 2.11. The third-order valence-electron chi connectivity index (χ3n) is 2.91. The predicted molar refractivity (Wildman–Crippen MR) is 85.2 cm³/mol. The molecule has 0 radical (unpaired) electrons. The molecule has 23 heavy (non-hydrogen) atoms. The Morgan fingerprint density at radius 2 is 1.87 bits per heavy atom. The molecule has 0 aliphatic heterocycles. The number of anilines is 1. The maximum Gasteiger partial charge on any atom is 0.413 e. The van der Waals surface area contributed by atoms with Crippen molar-refractivity contribution in [3.63, 3.8) is 0 Å². The third-order valence-corrected chi connectivity index (χ3v) is 2.91. The lowest BCUT2D eigenvalue weighted by molar-refractivity contribution is 0.0526. The number of hydrogen-bond donors (Lipinski definition) is 1. The first-order valence-electron chi connectivity index (χ1n) is 7.22. The molecule has 6 heteroatoms. The predicted octanol–water partition coefficient (Wildman–Crippen LogP) is 3.32. The maximum atomic E-state index is 11.8. The van der Waals surface area contributed by atoms with Gasteiger partial charge in [-0.1, -0.05) is 30.3 Å². The number of esters is 1. The molecule has 6 nitrogen and oxygen atoms in total. The molecule has 0 atom stereocenters. The van der Waals surface area contributed by atoms with Crippen LogP contribution >= 0.6 is 0 Å². The molecule has 2 rings (SSSR count). The number of rotatable bonds is 5. The lowest BCUT2D eigenvalue weighted by atomic mass is 10.2. The molecule has 120 valence electrons. The van der Waals surface area contributed by atoms with Gasteiger partial charge >= 0.3 is 12.1 Å². The van der Waals surface area contributed by atoms with Gasteiger partial charge in [-0.3, -0.25) is 5.32 Å². The zero-order valence-electron chi connectivity index (χ0n) is 13.0. The number of carbonyl (C=O) groups is 2. The topological polar surface area (TPSA) is 77.5 Å². The molecule has 1 aromatic heterocycles. The summed E-state index contributed by atoms with van der Waals surface area (Å²) in [6, 6.07) is 12.4. The summed E-state index contributed by atoms with van der Waals surface area (Å²) in [7, 11) is 0. The first-order valence-corrected chi connectivity index (χ1v) is 7.22. The Labute approximate surface area is 134 Å². The van der Waals surface area contributed by atoms with E-state index in [2.05, 4.69) is 10.3 Å². The molecular weight excluding hydrogens is 296 g/mol. The van der Waals surface area contributed by atoms with Gasteiger partial charge in [-0.05, 0) is 31.5 Å². The number of carbonyl (C=O) groups excluding carboxylic acids is 2. The fourth-order valence-corrected chi connectivity index (χ4v) is 1.93. The van der Waals surface area contributed by atoms with Crippen molar-refractivity contribution in [2.24, 2.45) is 0 Å². The van der Waals surface area contributed by atoms with E-state index in [0.29, 0.717) is 11.3 Å². The number of pyridine rings is 1. The smallest absolute Gasteiger partial charge is 0.413 e. The van der Waals surface area contributed by atoms with Crippen molar-refractivity contribution in [1.29, 1.82) is 0 Å². The maximum absolute atomic E-state index is 11.8. The van der Waals surface area contributed by atoms with Crippen LogP contribution in [-0.4, -0.2) is 23.7 Å². The summed E-state index contributed by atoms with van der Waals surface area (Å²) < 4.78 is 10.1. The number of nitrogens with zero attached hydrogens (tertiary/aromatic N) is 1. The monoisotopic (exact) mass is 314 g/mol. The van der Waals surface area contributed by atoms with Gasteiger partial charge in [0.15, 0.2) is 0 Å². The number of aromatic nitrogens is 1. The number of ether oxygens (including phenoxy) is 2. The van der Waals surface area contributed by atoms with E-state index in [4.69, 9.17) is 9.47 Å². The molecule has 2 aromatic rings. The summed E-state index contributed by atoms with van der Waals surface area (Å²) in [6.45, 7) is 3.89. The zero-order valence-corrected chi connectivity index (χ0v) is 13.0. The van der Waals surface area contributed by atoms with Gasteiger partial charge in [0.25, 0.3) is 0 Å². The second-order valence-electron chi connectivity index (χ2n) is 4.79. The van der Waals surface area contributed by atoms with Crippen LogP contribution in [0.1, 0.15) is 28.5 Å². The highest BCUT2D eigenvalue weighted by molar-refractivity contribution is 5.92. The lowest BCUT2D eigenvalue weighted by Crippen LogP contribution is -2.15. The molecule has 0 spiro atoms. The van der Waals surface area contributed by atoms with Gasteiger partial charge in [0.1, 0.15) is 12.4 Å². The van der Waals surface area contributed by atoms with Crippen LogP contribution in [0.5, 0.6) is 0 Å². The number of hydrogen-bond acceptors (Lipinski definition) is 5. The van der Waals surface area contributed by atoms with E-state index in [-0.39, 0.29) is 19.0 Å². The summed E-state index contributed by atoms with van der Waals surface area (Å²) in [6.07, 6.45) is -0.637. The van der Waals surface area contributed by atoms with Crippen molar-refractivity contribution >= 4 is 17.9 Å². The van der Waals surface area contributed by atoms with Crippen molar-refractivity contribution in [2.75, 3.05) is 11.9 Å². The SMILES string of the molecule is CCOC(=O)c1cc(C)nc(NC(=O)OCc2ccccc2)c1. The number of nitrogens with one attached hydrogen (secondary N) is 1. The van der Waals surface area contributed by atoms with E-state index < -0.39 is 12.1 Å². The quantitative estimate of drug-likeness (QED) is 0.857. The summed E-state index contributed by atoms with van der Waals surface area (Å²) in [5.41, 5.74) is 1.80. The van der Waals surface area contributed by atoms with Gasteiger partial charge in [0, 0.05) is 5.69 Å². The fourth-order valence-electron chi connectivity index (χ4n) is 1.93. The highest BCUT2D eigenvalue weighted by atomic mass is 16.5. The molecule has 0 fully saturated rings. The van der Waals surface area contributed by atoms with Crippen molar-refractivity contribution in [3.05, 3.63) is 59.3 Å². The first kappa shape index (κ1) is 16.5. The van der Waals surface area contributed by atoms with Gasteiger partial charge in [0.05, 0.1) is 12.2 Å². The summed E-state index contributed by atoms with van der Waals surface area (Å²) >= 11 is 0. The summed E-state index contributed by atoms with van der Waals surface area (Å²) in [5.74, 6) is -0.218. The molecule has 1 heterocycles. The standard InChI is InChI=1S/C17H18N2O4/c1-3-22-16(20)14-9-12(2)18-15(10-14)19-17(21)23-11-13-7-5-4-6-8-13/h4-10H,3,11H2,1-2H3,(H,18,19,21). The molecule has 0 unspecified atom stereocenters. The average molecular weight is 314 g/mol. The number of amides is 1. The van der Waals surface area contributed by atoms with E-state index in [1.165, 1.54) is 6.07 Å². The number of benzene rings is 1. The molecule has 0 aliphatic carbocycles. The summed E-state index contributed by atoms with van der Waals surface area (Å²) in [5, 5.41) is 2.51. The second-order valence-corrected chi connectivity index (χ2v) is 4.79. The molecule has 0 saturated heterocycles. The van der Waals surface area contributed by atoms with Crippen LogP contribution in [0.15, 0.2) is 42.5 Å². The fraction of sp³-hybridized carbons (Fsp3) is 0.235. The molecule has 0 aliphatic rings. The summed E-state index contributed by atoms with van der Waals surface area (Å²) in [4.78, 5) is 27.7. The minimum atomic E-state index is -0.637. The Morgan fingerprint density at radius 1 is 1.13 bits per heavy atom. The minimum absolute atomic E-state index is 0.156. The van der Waals surface area contributed by atoms with Gasteiger partial charge in [-0.15, -0.1) is 0 Å². The number of aryl methyl sites for hydroxylation is 1. The molecule has 0 saturated carbocycles. The Hall–Kier alpha value is -2.89. The average Bonchev–Trinajstić information content (AvgIpc) is 2.53. The van der Waals surface area contributed by atoms with Gasteiger partial charge in [-0.2, -0.15) is 0 Å². The molecule has 1 aromatic carbocycles. The Balaban J connectivity index is 1.99. The highest BCUT2D eigenvalue weighted by Crippen LogP contribution is 2.12. The van der Waals surface area contributed by atoms with E-state index in [1.807, 2.05) is 30.3 Å². The van der Waals surface area contributed by atoms with Gasteiger partial charge in [-0.25, -0.2) is 14.6 Å². The zero-order chi connectivity index (χ0) is 16.7. The molecule has 0 bridgehead atoms. The lowest BCUT2D eigenvalue weighted by Gasteiger charge is -2.09. The normalized spacial score (nSPS) is 10.0. The molecule has 1 amide bonds. The second kappa shape index (κ2) is 7.93. The van der Waals surface area contributed by atoms with E-state index in [9.17, 15) is 9.59 Å². The van der Waals surface area contributed by atoms with E-state index in [1.54, 1.807) is 19.9 Å². The Bertz CT molecular complexity index is 686. The van der Waals surface area contributed by atoms with Crippen LogP contribution in [0, 0.1) is 6.92 Å². The largest absolute Gasteiger partial charge is 0.462 e. The van der Waals surface area contributed by atoms with Crippen LogP contribution in [0.2, 0.25) is 0 Å². The molecular formula is C17H18N2O4. The first-order chi connectivity index (χ1) is 11.1. The third kappa shape index (κ3) is 5.10. The van der Waals surface area contributed by atoms with Gasteiger partial charge in [0.2, 0.25) is 0 Å². The van der Waals surface area contributed by atoms with Crippen LogP contribution < -0.4 is 5.32 Å². The van der Waals surface area contributed by atoms with Crippen LogP contribution in [0.4, 0.5) is 10.6 Å². The molecule has 1 N–H and O–H groups in total. The van der Waals surface area contributed by atoms with Crippen LogP contribution in [0.25, 0.3) is 0 Å². The van der Waals surface area contributed by atoms with Crippen molar-refractivity contribution in [2.45, 2.75) is 20.5 Å². The van der Waals surface area contributed by atoms with Crippen molar-refractivity contribution in [1.82, 2.24) is 4.98 Å². The van der Waals surface area contributed by atoms with Crippen LogP contribution in [0.3, 0.4) is 0 Å². The Kier molecular flexibility index (Phi) is 5.68. The van der Waals surface area contributed by atoms with Crippen LogP contribution in [-0.2, 0) is 16.1 Å².